The molecule has 0 unspecified atom stereocenters. The highest BCUT2D eigenvalue weighted by molar-refractivity contribution is 5.97. The van der Waals surface area contributed by atoms with Crippen molar-refractivity contribution in [2.24, 2.45) is 10.4 Å². The Kier molecular flexibility index (Phi) is 3.86. The van der Waals surface area contributed by atoms with Gasteiger partial charge in [-0.3, -0.25) is 9.79 Å². The van der Waals surface area contributed by atoms with Crippen molar-refractivity contribution in [1.29, 1.82) is 0 Å². The van der Waals surface area contributed by atoms with Crippen LogP contribution in [0.3, 0.4) is 0 Å². The van der Waals surface area contributed by atoms with Gasteiger partial charge in [0.05, 0.1) is 17.5 Å². The first kappa shape index (κ1) is 19.5. The van der Waals surface area contributed by atoms with Crippen molar-refractivity contribution >= 4 is 23.1 Å². The Bertz CT molecular complexity index is 1330. The second kappa shape index (κ2) is 6.54. The van der Waals surface area contributed by atoms with Crippen LogP contribution >= 0.6 is 0 Å². The van der Waals surface area contributed by atoms with Crippen LogP contribution in [-0.4, -0.2) is 35.1 Å². The van der Waals surface area contributed by atoms with E-state index < -0.39 is 11.4 Å². The Morgan fingerprint density at radius 3 is 2.55 bits per heavy atom. The number of halogens is 1. The minimum absolute atomic E-state index is 0.0801. The number of ether oxygens (including phenoxy) is 1. The van der Waals surface area contributed by atoms with Gasteiger partial charge in [0.15, 0.2) is 0 Å². The fourth-order valence-electron chi connectivity index (χ4n) is 6.98. The first-order valence-electron chi connectivity index (χ1n) is 11.8. The van der Waals surface area contributed by atoms with Gasteiger partial charge in [-0.05, 0) is 85.2 Å². The average molecular weight is 445 g/mol. The second-order valence-corrected chi connectivity index (χ2v) is 10.4. The molecule has 3 aliphatic carbocycles. The lowest BCUT2D eigenvalue weighted by atomic mass is 9.33. The summed E-state index contributed by atoms with van der Waals surface area (Å²) in [6.07, 6.45) is 5.94. The summed E-state index contributed by atoms with van der Waals surface area (Å²) in [7, 11) is 0. The van der Waals surface area contributed by atoms with Crippen LogP contribution in [0, 0.1) is 11.2 Å². The topological polar surface area (TPSA) is 63.8 Å². The van der Waals surface area contributed by atoms with Crippen LogP contribution in [0.2, 0.25) is 0 Å². The summed E-state index contributed by atoms with van der Waals surface area (Å²) in [5.41, 5.74) is 6.39. The van der Waals surface area contributed by atoms with Crippen LogP contribution in [0.25, 0.3) is 16.6 Å². The van der Waals surface area contributed by atoms with E-state index in [2.05, 4.69) is 21.7 Å². The molecule has 5 nitrogen and oxygen atoms in total. The molecule has 2 bridgehead atoms. The molecule has 1 N–H and O–H groups in total. The summed E-state index contributed by atoms with van der Waals surface area (Å²) in [6.45, 7) is 2.14. The molecule has 168 valence electrons. The number of fused-ring (bicyclic) bond motifs is 2. The van der Waals surface area contributed by atoms with Crippen molar-refractivity contribution in [3.05, 3.63) is 64.6 Å². The van der Waals surface area contributed by atoms with Crippen molar-refractivity contribution in [2.75, 3.05) is 13.2 Å². The smallest absolute Gasteiger partial charge is 0.309 e. The SMILES string of the molecule is O=C(O)C12CC(c3c(C4CCOCC4)n(-c4ccc(F)cc4)c4cc5c(cc34)CN=C5)(C1)C2. The van der Waals surface area contributed by atoms with Gasteiger partial charge < -0.3 is 14.4 Å². The second-order valence-electron chi connectivity index (χ2n) is 10.4. The monoisotopic (exact) mass is 444 g/mol. The maximum atomic E-state index is 13.8. The molecule has 5 aliphatic rings. The van der Waals surface area contributed by atoms with Crippen molar-refractivity contribution in [2.45, 2.75) is 50.0 Å². The third-order valence-electron chi connectivity index (χ3n) is 8.46. The lowest BCUT2D eigenvalue weighted by Gasteiger charge is -2.68. The van der Waals surface area contributed by atoms with E-state index in [0.717, 1.165) is 42.8 Å². The molecule has 3 heterocycles. The molecule has 3 aromatic rings. The zero-order valence-electron chi connectivity index (χ0n) is 18.3. The van der Waals surface area contributed by atoms with E-state index in [-0.39, 0.29) is 11.2 Å². The van der Waals surface area contributed by atoms with E-state index in [9.17, 15) is 14.3 Å². The Morgan fingerprint density at radius 1 is 1.12 bits per heavy atom. The lowest BCUT2D eigenvalue weighted by Crippen LogP contribution is -2.68. The first-order chi connectivity index (χ1) is 16.0. The zero-order chi connectivity index (χ0) is 22.4. The lowest BCUT2D eigenvalue weighted by molar-refractivity contribution is -0.194. The van der Waals surface area contributed by atoms with E-state index in [1.165, 1.54) is 34.3 Å². The average Bonchev–Trinajstić information content (AvgIpc) is 3.34. The molecule has 1 aromatic heterocycles. The Hall–Kier alpha value is -2.99. The standard InChI is InChI=1S/C27H25FN2O3/c28-19-1-3-20(4-2-19)30-22-10-18-12-29-11-17(18)9-21(22)23(24(30)16-5-7-33-8-6-16)26-13-27(14-26,15-26)25(31)32/h1-4,9-10,12,16H,5-8,11,13-15H2,(H,31,32). The maximum Gasteiger partial charge on any atom is 0.309 e. The van der Waals surface area contributed by atoms with Crippen LogP contribution in [0.4, 0.5) is 4.39 Å². The van der Waals surface area contributed by atoms with Crippen molar-refractivity contribution in [3.8, 4) is 5.69 Å². The Labute approximate surface area is 190 Å². The van der Waals surface area contributed by atoms with Gasteiger partial charge >= 0.3 is 5.97 Å². The molecular weight excluding hydrogens is 419 g/mol. The van der Waals surface area contributed by atoms with Gasteiger partial charge in [-0.15, -0.1) is 0 Å². The fraction of sp³-hybridized carbons (Fsp3) is 0.407. The van der Waals surface area contributed by atoms with Crippen LogP contribution < -0.4 is 0 Å². The Balaban J connectivity index is 1.52. The molecule has 0 amide bonds. The van der Waals surface area contributed by atoms with Gasteiger partial charge in [-0.25, -0.2) is 4.39 Å². The molecule has 2 aromatic carbocycles. The summed E-state index contributed by atoms with van der Waals surface area (Å²) in [4.78, 5) is 16.4. The minimum atomic E-state index is -0.659. The largest absolute Gasteiger partial charge is 0.481 e. The number of hydrogen-bond donors (Lipinski definition) is 1. The van der Waals surface area contributed by atoms with Gasteiger partial charge in [-0.2, -0.15) is 0 Å². The number of benzene rings is 2. The summed E-state index contributed by atoms with van der Waals surface area (Å²) < 4.78 is 21.8. The van der Waals surface area contributed by atoms with Gasteiger partial charge in [0, 0.05) is 47.5 Å². The summed E-state index contributed by atoms with van der Waals surface area (Å²) >= 11 is 0. The number of aliphatic imine (C=N–C) groups is 1. The quantitative estimate of drug-likeness (QED) is 0.609. The highest BCUT2D eigenvalue weighted by Gasteiger charge is 2.73. The van der Waals surface area contributed by atoms with Crippen molar-refractivity contribution < 1.29 is 19.0 Å². The summed E-state index contributed by atoms with van der Waals surface area (Å²) in [5.74, 6) is -0.586. The van der Waals surface area contributed by atoms with E-state index in [1.54, 1.807) is 0 Å². The van der Waals surface area contributed by atoms with Crippen LogP contribution in [0.1, 0.15) is 60.4 Å². The molecule has 0 radical (unpaired) electrons. The molecule has 1 saturated heterocycles. The highest BCUT2D eigenvalue weighted by Crippen LogP contribution is 2.75. The minimum Gasteiger partial charge on any atom is -0.481 e. The molecule has 0 atom stereocenters. The van der Waals surface area contributed by atoms with Gasteiger partial charge in [-0.1, -0.05) is 0 Å². The molecule has 0 spiro atoms. The molecule has 6 heteroatoms. The molecule has 3 saturated carbocycles. The number of aromatic nitrogens is 1. The van der Waals surface area contributed by atoms with E-state index in [0.29, 0.717) is 31.7 Å². The third-order valence-corrected chi connectivity index (χ3v) is 8.46. The van der Waals surface area contributed by atoms with Crippen LogP contribution in [0.5, 0.6) is 0 Å². The fourth-order valence-corrected chi connectivity index (χ4v) is 6.98. The molecule has 2 aliphatic heterocycles. The molecule has 33 heavy (non-hydrogen) atoms. The summed E-state index contributed by atoms with van der Waals surface area (Å²) in [6, 6.07) is 11.2. The Morgan fingerprint density at radius 2 is 1.85 bits per heavy atom. The third kappa shape index (κ3) is 2.56. The summed E-state index contributed by atoms with van der Waals surface area (Å²) in [5, 5.41) is 11.0. The predicted octanol–water partition coefficient (Wildman–Crippen LogP) is 5.10. The molecule has 4 fully saturated rings. The molecule has 8 rings (SSSR count). The van der Waals surface area contributed by atoms with E-state index in [4.69, 9.17) is 4.74 Å². The first-order valence-corrected chi connectivity index (χ1v) is 11.8. The number of carboxylic acid groups (broad SMARTS) is 1. The number of rotatable bonds is 4. The number of nitrogens with zero attached hydrogens (tertiary/aromatic N) is 2. The van der Waals surface area contributed by atoms with E-state index in [1.807, 2.05) is 18.3 Å². The van der Waals surface area contributed by atoms with Gasteiger partial charge in [0.2, 0.25) is 0 Å². The van der Waals surface area contributed by atoms with E-state index >= 15 is 0 Å². The number of aliphatic carboxylic acids is 1. The van der Waals surface area contributed by atoms with Gasteiger partial charge in [0.25, 0.3) is 0 Å². The number of hydrogen-bond acceptors (Lipinski definition) is 3. The van der Waals surface area contributed by atoms with Crippen molar-refractivity contribution in [3.63, 3.8) is 0 Å². The maximum absolute atomic E-state index is 13.8. The number of carboxylic acids is 1. The zero-order valence-corrected chi connectivity index (χ0v) is 18.3. The normalized spacial score (nSPS) is 27.9. The van der Waals surface area contributed by atoms with Gasteiger partial charge in [0.1, 0.15) is 5.82 Å². The van der Waals surface area contributed by atoms with Crippen LogP contribution in [-0.2, 0) is 21.5 Å². The predicted molar refractivity (Wildman–Crippen MR) is 123 cm³/mol. The molecular formula is C27H25FN2O3. The highest BCUT2D eigenvalue weighted by atomic mass is 19.1. The van der Waals surface area contributed by atoms with Crippen LogP contribution in [0.15, 0.2) is 41.4 Å². The number of carbonyl (C=O) groups is 1. The van der Waals surface area contributed by atoms with Crippen molar-refractivity contribution in [1.82, 2.24) is 4.57 Å².